The van der Waals surface area contributed by atoms with Crippen LogP contribution in [0, 0.1) is 0 Å². The van der Waals surface area contributed by atoms with E-state index in [2.05, 4.69) is 16.6 Å². The normalized spacial score (nSPS) is 11.7. The van der Waals surface area contributed by atoms with Crippen LogP contribution in [-0.4, -0.2) is 33.2 Å². The molecule has 0 aliphatic carbocycles. The Labute approximate surface area is 119 Å². The highest BCUT2D eigenvalue weighted by atomic mass is 35.5. The van der Waals surface area contributed by atoms with Gasteiger partial charge in [0.2, 0.25) is 10.0 Å². The number of aromatic nitrogens is 1. The van der Waals surface area contributed by atoms with Crippen molar-refractivity contribution >= 4 is 21.6 Å². The molecule has 0 saturated carbocycles. The maximum atomic E-state index is 11.8. The lowest BCUT2D eigenvalue weighted by Gasteiger charge is -2.07. The molecular formula is C12H19ClN2O3S. The summed E-state index contributed by atoms with van der Waals surface area (Å²) in [6.07, 6.45) is 4.00. The van der Waals surface area contributed by atoms with Crippen molar-refractivity contribution < 1.29 is 13.2 Å². The molecule has 0 radical (unpaired) electrons. The van der Waals surface area contributed by atoms with Crippen molar-refractivity contribution in [2.45, 2.75) is 31.1 Å². The summed E-state index contributed by atoms with van der Waals surface area (Å²) in [5, 5.41) is 0.267. The minimum absolute atomic E-state index is 0.115. The van der Waals surface area contributed by atoms with Gasteiger partial charge in [-0.3, -0.25) is 0 Å². The molecule has 19 heavy (non-hydrogen) atoms. The van der Waals surface area contributed by atoms with Crippen molar-refractivity contribution in [1.82, 2.24) is 9.71 Å². The number of sulfonamides is 1. The predicted molar refractivity (Wildman–Crippen MR) is 74.8 cm³/mol. The van der Waals surface area contributed by atoms with Crippen LogP contribution in [0.15, 0.2) is 23.2 Å². The third-order valence-corrected chi connectivity index (χ3v) is 4.08. The van der Waals surface area contributed by atoms with Crippen LogP contribution in [0.3, 0.4) is 0 Å². The smallest absolute Gasteiger partial charge is 0.242 e. The Hall–Kier alpha value is -0.690. The first-order valence-corrected chi connectivity index (χ1v) is 8.11. The van der Waals surface area contributed by atoms with Gasteiger partial charge in [0.05, 0.1) is 0 Å². The van der Waals surface area contributed by atoms with Gasteiger partial charge in [-0.05, 0) is 25.0 Å². The quantitative estimate of drug-likeness (QED) is 0.561. The maximum absolute atomic E-state index is 11.8. The standard InChI is InChI=1S/C12H19ClN2O3S/c1-2-3-8-18-9-4-7-15-19(16,17)11-5-6-12(13)14-10-11/h5-6,10,15H,2-4,7-9H2,1H3. The zero-order valence-corrected chi connectivity index (χ0v) is 12.5. The fourth-order valence-electron chi connectivity index (χ4n) is 1.33. The van der Waals surface area contributed by atoms with Crippen LogP contribution in [0.1, 0.15) is 26.2 Å². The summed E-state index contributed by atoms with van der Waals surface area (Å²) in [6.45, 7) is 3.72. The molecule has 0 aliphatic rings. The minimum Gasteiger partial charge on any atom is -0.381 e. The fourth-order valence-corrected chi connectivity index (χ4v) is 2.46. The molecule has 0 saturated heterocycles. The van der Waals surface area contributed by atoms with Gasteiger partial charge in [0.25, 0.3) is 0 Å². The van der Waals surface area contributed by atoms with E-state index >= 15 is 0 Å². The number of hydrogen-bond acceptors (Lipinski definition) is 4. The summed E-state index contributed by atoms with van der Waals surface area (Å²) in [5.74, 6) is 0. The lowest BCUT2D eigenvalue weighted by Crippen LogP contribution is -2.25. The van der Waals surface area contributed by atoms with Crippen molar-refractivity contribution in [2.24, 2.45) is 0 Å². The number of ether oxygens (including phenoxy) is 1. The van der Waals surface area contributed by atoms with E-state index in [1.165, 1.54) is 18.3 Å². The van der Waals surface area contributed by atoms with Crippen LogP contribution in [0.5, 0.6) is 0 Å². The molecule has 1 aromatic heterocycles. The summed E-state index contributed by atoms with van der Waals surface area (Å²) in [6, 6.07) is 2.87. The number of halogens is 1. The molecule has 0 unspecified atom stereocenters. The van der Waals surface area contributed by atoms with E-state index in [9.17, 15) is 8.42 Å². The van der Waals surface area contributed by atoms with Crippen LogP contribution in [0.2, 0.25) is 5.15 Å². The van der Waals surface area contributed by atoms with E-state index in [-0.39, 0.29) is 10.0 Å². The van der Waals surface area contributed by atoms with E-state index in [1.807, 2.05) is 0 Å². The number of pyridine rings is 1. The second-order valence-electron chi connectivity index (χ2n) is 4.03. The topological polar surface area (TPSA) is 68.3 Å². The van der Waals surface area contributed by atoms with Gasteiger partial charge in [0.1, 0.15) is 10.0 Å². The van der Waals surface area contributed by atoms with E-state index in [0.717, 1.165) is 19.4 Å². The molecule has 1 heterocycles. The molecule has 7 heteroatoms. The van der Waals surface area contributed by atoms with Gasteiger partial charge >= 0.3 is 0 Å². The molecule has 0 bridgehead atoms. The Morgan fingerprint density at radius 3 is 2.68 bits per heavy atom. The van der Waals surface area contributed by atoms with Crippen molar-refractivity contribution in [3.63, 3.8) is 0 Å². The number of rotatable bonds is 9. The first-order chi connectivity index (χ1) is 9.06. The van der Waals surface area contributed by atoms with E-state index in [1.54, 1.807) is 0 Å². The summed E-state index contributed by atoms with van der Waals surface area (Å²) in [7, 11) is -3.50. The molecule has 108 valence electrons. The largest absolute Gasteiger partial charge is 0.381 e. The molecule has 0 aromatic carbocycles. The molecule has 1 aromatic rings. The summed E-state index contributed by atoms with van der Waals surface area (Å²) < 4.78 is 31.5. The Morgan fingerprint density at radius 2 is 2.05 bits per heavy atom. The molecule has 1 rings (SSSR count). The van der Waals surface area contributed by atoms with Gasteiger partial charge in [-0.25, -0.2) is 18.1 Å². The number of nitrogens with one attached hydrogen (secondary N) is 1. The summed E-state index contributed by atoms with van der Waals surface area (Å²) in [4.78, 5) is 3.86. The van der Waals surface area contributed by atoms with E-state index < -0.39 is 10.0 Å². The molecule has 0 aliphatic heterocycles. The van der Waals surface area contributed by atoms with Gasteiger partial charge in [0, 0.05) is 26.0 Å². The predicted octanol–water partition coefficient (Wildman–Crippen LogP) is 2.22. The highest BCUT2D eigenvalue weighted by Crippen LogP contribution is 2.10. The van der Waals surface area contributed by atoms with Gasteiger partial charge in [-0.2, -0.15) is 0 Å². The SMILES string of the molecule is CCCCOCCCNS(=O)(=O)c1ccc(Cl)nc1. The third kappa shape index (κ3) is 6.33. The number of unbranched alkanes of at least 4 members (excludes halogenated alkanes) is 1. The van der Waals surface area contributed by atoms with Gasteiger partial charge < -0.3 is 4.74 Å². The summed E-state index contributed by atoms with van der Waals surface area (Å²) >= 11 is 5.61. The molecule has 1 N–H and O–H groups in total. The Bertz CT molecular complexity index is 462. The van der Waals surface area contributed by atoms with Gasteiger partial charge in [-0.1, -0.05) is 24.9 Å². The fraction of sp³-hybridized carbons (Fsp3) is 0.583. The Morgan fingerprint density at radius 1 is 1.32 bits per heavy atom. The zero-order valence-electron chi connectivity index (χ0n) is 10.9. The van der Waals surface area contributed by atoms with Crippen LogP contribution in [0.25, 0.3) is 0 Å². The molecular weight excluding hydrogens is 288 g/mol. The molecule has 5 nitrogen and oxygen atoms in total. The van der Waals surface area contributed by atoms with Gasteiger partial charge in [-0.15, -0.1) is 0 Å². The first-order valence-electron chi connectivity index (χ1n) is 6.25. The average molecular weight is 307 g/mol. The lowest BCUT2D eigenvalue weighted by molar-refractivity contribution is 0.130. The monoisotopic (exact) mass is 306 g/mol. The second kappa shape index (κ2) is 8.47. The Balaban J connectivity index is 2.29. The number of hydrogen-bond donors (Lipinski definition) is 1. The Kier molecular flexibility index (Phi) is 7.30. The maximum Gasteiger partial charge on any atom is 0.242 e. The van der Waals surface area contributed by atoms with Crippen molar-refractivity contribution in [3.05, 3.63) is 23.5 Å². The third-order valence-electron chi connectivity index (χ3n) is 2.41. The molecule has 0 spiro atoms. The first kappa shape index (κ1) is 16.4. The van der Waals surface area contributed by atoms with E-state index in [4.69, 9.17) is 16.3 Å². The van der Waals surface area contributed by atoms with Crippen LogP contribution >= 0.6 is 11.6 Å². The average Bonchev–Trinajstić information content (AvgIpc) is 2.38. The van der Waals surface area contributed by atoms with Crippen molar-refractivity contribution in [3.8, 4) is 0 Å². The van der Waals surface area contributed by atoms with Crippen LogP contribution < -0.4 is 4.72 Å². The molecule has 0 amide bonds. The van der Waals surface area contributed by atoms with Crippen LogP contribution in [0.4, 0.5) is 0 Å². The number of nitrogens with zero attached hydrogens (tertiary/aromatic N) is 1. The minimum atomic E-state index is -3.50. The highest BCUT2D eigenvalue weighted by Gasteiger charge is 2.13. The van der Waals surface area contributed by atoms with E-state index in [0.29, 0.717) is 19.6 Å². The van der Waals surface area contributed by atoms with Crippen molar-refractivity contribution in [2.75, 3.05) is 19.8 Å². The summed E-state index contributed by atoms with van der Waals surface area (Å²) in [5.41, 5.74) is 0. The van der Waals surface area contributed by atoms with Crippen molar-refractivity contribution in [1.29, 1.82) is 0 Å². The van der Waals surface area contributed by atoms with Crippen LogP contribution in [-0.2, 0) is 14.8 Å². The second-order valence-corrected chi connectivity index (χ2v) is 6.19. The van der Waals surface area contributed by atoms with Gasteiger partial charge in [0.15, 0.2) is 0 Å². The highest BCUT2D eigenvalue weighted by molar-refractivity contribution is 7.89. The molecule has 0 atom stereocenters. The zero-order chi connectivity index (χ0) is 14.1. The lowest BCUT2D eigenvalue weighted by atomic mass is 10.4. The molecule has 0 fully saturated rings.